The van der Waals surface area contributed by atoms with Crippen molar-refractivity contribution in [1.82, 2.24) is 15.5 Å². The largest absolute Gasteiger partial charge is 0.385 e. The first kappa shape index (κ1) is 20.5. The van der Waals surface area contributed by atoms with Gasteiger partial charge in [-0.3, -0.25) is 9.89 Å². The molecule has 0 radical (unpaired) electrons. The predicted molar refractivity (Wildman–Crippen MR) is 106 cm³/mol. The predicted octanol–water partition coefficient (Wildman–Crippen LogP) is 2.87. The zero-order valence-electron chi connectivity index (χ0n) is 16.9. The molecule has 1 saturated carbocycles. The van der Waals surface area contributed by atoms with E-state index in [0.29, 0.717) is 11.5 Å². The summed E-state index contributed by atoms with van der Waals surface area (Å²) in [6, 6.07) is 0.640. The summed E-state index contributed by atoms with van der Waals surface area (Å²) in [7, 11) is 3.68. The summed E-state index contributed by atoms with van der Waals surface area (Å²) in [6.45, 7) is 9.96. The zero-order valence-corrected chi connectivity index (χ0v) is 16.9. The molecule has 25 heavy (non-hydrogen) atoms. The first-order chi connectivity index (χ1) is 12.1. The summed E-state index contributed by atoms with van der Waals surface area (Å²) in [5.41, 5.74) is 0.419. The Balaban J connectivity index is 1.77. The Morgan fingerprint density at radius 1 is 1.24 bits per heavy atom. The highest BCUT2D eigenvalue weighted by Crippen LogP contribution is 2.43. The van der Waals surface area contributed by atoms with Gasteiger partial charge in [0.1, 0.15) is 0 Å². The number of ether oxygens (including phenoxy) is 1. The maximum absolute atomic E-state index is 5.30. The molecule has 5 nitrogen and oxygen atoms in total. The van der Waals surface area contributed by atoms with Gasteiger partial charge in [0.2, 0.25) is 0 Å². The quantitative estimate of drug-likeness (QED) is 0.495. The molecule has 2 N–H and O–H groups in total. The molecule has 1 aliphatic heterocycles. The fraction of sp³-hybridized carbons (Fsp3) is 0.950. The molecule has 1 saturated heterocycles. The van der Waals surface area contributed by atoms with Crippen LogP contribution in [0.5, 0.6) is 0 Å². The molecule has 2 fully saturated rings. The summed E-state index contributed by atoms with van der Waals surface area (Å²) in [6.07, 6.45) is 9.12. The number of nitrogens with one attached hydrogen (secondary N) is 2. The lowest BCUT2D eigenvalue weighted by molar-refractivity contribution is 0.0731. The molecule has 1 unspecified atom stereocenters. The van der Waals surface area contributed by atoms with Crippen LogP contribution in [-0.4, -0.2) is 63.8 Å². The molecule has 0 bridgehead atoms. The normalized spacial score (nSPS) is 24.2. The monoisotopic (exact) mass is 352 g/mol. The van der Waals surface area contributed by atoms with Crippen molar-refractivity contribution in [2.24, 2.45) is 16.3 Å². The Morgan fingerprint density at radius 3 is 2.64 bits per heavy atom. The molecule has 0 aromatic carbocycles. The van der Waals surface area contributed by atoms with Crippen LogP contribution < -0.4 is 10.6 Å². The van der Waals surface area contributed by atoms with E-state index in [0.717, 1.165) is 38.0 Å². The van der Waals surface area contributed by atoms with Crippen molar-refractivity contribution in [3.63, 3.8) is 0 Å². The van der Waals surface area contributed by atoms with E-state index in [-0.39, 0.29) is 0 Å². The minimum atomic E-state index is 0.419. The van der Waals surface area contributed by atoms with Gasteiger partial charge >= 0.3 is 0 Å². The third-order valence-corrected chi connectivity index (χ3v) is 5.96. The van der Waals surface area contributed by atoms with Gasteiger partial charge in [-0.1, -0.05) is 26.7 Å². The number of nitrogens with zero attached hydrogens (tertiary/aromatic N) is 2. The number of rotatable bonds is 9. The molecule has 146 valence electrons. The average Bonchev–Trinajstić information content (AvgIpc) is 2.57. The number of methoxy groups -OCH3 is 1. The van der Waals surface area contributed by atoms with Crippen molar-refractivity contribution in [2.75, 3.05) is 46.9 Å². The number of likely N-dealkylation sites (tertiary alicyclic amines) is 1. The topological polar surface area (TPSA) is 48.9 Å². The molecule has 0 aromatic rings. The van der Waals surface area contributed by atoms with Crippen molar-refractivity contribution in [3.05, 3.63) is 0 Å². The van der Waals surface area contributed by atoms with Gasteiger partial charge in [-0.15, -0.1) is 0 Å². The van der Waals surface area contributed by atoms with Gasteiger partial charge in [-0.25, -0.2) is 0 Å². The molecule has 1 aliphatic carbocycles. The number of hydrogen-bond donors (Lipinski definition) is 2. The lowest BCUT2D eigenvalue weighted by Gasteiger charge is -2.42. The first-order valence-electron chi connectivity index (χ1n) is 10.3. The fourth-order valence-electron chi connectivity index (χ4n) is 4.22. The molecule has 1 heterocycles. The van der Waals surface area contributed by atoms with Crippen LogP contribution in [0.2, 0.25) is 0 Å². The Morgan fingerprint density at radius 2 is 2.04 bits per heavy atom. The lowest BCUT2D eigenvalue weighted by Crippen LogP contribution is -2.52. The molecule has 2 aliphatic rings. The highest BCUT2D eigenvalue weighted by Gasteiger charge is 2.36. The van der Waals surface area contributed by atoms with Crippen molar-refractivity contribution < 1.29 is 4.74 Å². The Kier molecular flexibility index (Phi) is 8.50. The number of aliphatic imine (C=N–C) groups is 1. The number of guanidine groups is 1. The lowest BCUT2D eigenvalue weighted by atomic mass is 9.67. The standard InChI is InChI=1S/C20H40N4O/c1-17(2)15-24-12-6-5-8-18(24)14-22-19(21-3)23-16-20(9-7-10-20)11-13-25-4/h17-18H,5-16H2,1-4H3,(H2,21,22,23). The van der Waals surface area contributed by atoms with Crippen LogP contribution in [-0.2, 0) is 4.74 Å². The highest BCUT2D eigenvalue weighted by atomic mass is 16.5. The number of hydrogen-bond acceptors (Lipinski definition) is 3. The van der Waals surface area contributed by atoms with Crippen LogP contribution in [0.15, 0.2) is 4.99 Å². The van der Waals surface area contributed by atoms with Gasteiger partial charge in [0, 0.05) is 46.4 Å². The minimum Gasteiger partial charge on any atom is -0.385 e. The Hall–Kier alpha value is -0.810. The third kappa shape index (κ3) is 6.45. The van der Waals surface area contributed by atoms with Crippen LogP contribution in [0.25, 0.3) is 0 Å². The third-order valence-electron chi connectivity index (χ3n) is 5.96. The van der Waals surface area contributed by atoms with E-state index in [1.807, 2.05) is 7.05 Å². The summed E-state index contributed by atoms with van der Waals surface area (Å²) in [5.74, 6) is 1.69. The smallest absolute Gasteiger partial charge is 0.191 e. The van der Waals surface area contributed by atoms with Gasteiger partial charge < -0.3 is 15.4 Å². The van der Waals surface area contributed by atoms with Crippen molar-refractivity contribution >= 4 is 5.96 Å². The molecule has 1 atom stereocenters. The minimum absolute atomic E-state index is 0.419. The summed E-state index contributed by atoms with van der Waals surface area (Å²) < 4.78 is 5.30. The molecule has 2 rings (SSSR count). The van der Waals surface area contributed by atoms with Crippen LogP contribution in [0.4, 0.5) is 0 Å². The second kappa shape index (κ2) is 10.4. The Labute approximate surface area is 155 Å². The fourth-order valence-corrected chi connectivity index (χ4v) is 4.22. The van der Waals surface area contributed by atoms with E-state index in [2.05, 4.69) is 34.4 Å². The molecule has 0 aromatic heterocycles. The van der Waals surface area contributed by atoms with E-state index in [1.165, 1.54) is 51.6 Å². The van der Waals surface area contributed by atoms with Gasteiger partial charge in [0.05, 0.1) is 0 Å². The molecular formula is C20H40N4O. The summed E-state index contributed by atoms with van der Waals surface area (Å²) in [5, 5.41) is 7.17. The van der Waals surface area contributed by atoms with Crippen LogP contribution in [0, 0.1) is 11.3 Å². The van der Waals surface area contributed by atoms with Gasteiger partial charge in [0.15, 0.2) is 5.96 Å². The van der Waals surface area contributed by atoms with Crippen molar-refractivity contribution in [3.8, 4) is 0 Å². The van der Waals surface area contributed by atoms with Crippen molar-refractivity contribution in [2.45, 2.75) is 64.8 Å². The second-order valence-electron chi connectivity index (χ2n) is 8.44. The van der Waals surface area contributed by atoms with E-state index in [9.17, 15) is 0 Å². The van der Waals surface area contributed by atoms with Crippen LogP contribution in [0.1, 0.15) is 58.8 Å². The number of piperidine rings is 1. The maximum atomic E-state index is 5.30. The maximum Gasteiger partial charge on any atom is 0.191 e. The zero-order chi connectivity index (χ0) is 18.1. The van der Waals surface area contributed by atoms with Gasteiger partial charge in [-0.05, 0) is 50.0 Å². The SMILES string of the molecule is CN=C(NCC1CCCCN1CC(C)C)NCC1(CCOC)CCC1. The van der Waals surface area contributed by atoms with E-state index in [4.69, 9.17) is 4.74 Å². The molecule has 0 amide bonds. The van der Waals surface area contributed by atoms with Gasteiger partial charge in [-0.2, -0.15) is 0 Å². The molecule has 5 heteroatoms. The van der Waals surface area contributed by atoms with E-state index >= 15 is 0 Å². The van der Waals surface area contributed by atoms with Crippen LogP contribution in [0.3, 0.4) is 0 Å². The van der Waals surface area contributed by atoms with Crippen LogP contribution >= 0.6 is 0 Å². The summed E-state index contributed by atoms with van der Waals surface area (Å²) >= 11 is 0. The molecular weight excluding hydrogens is 312 g/mol. The first-order valence-corrected chi connectivity index (χ1v) is 10.3. The van der Waals surface area contributed by atoms with E-state index in [1.54, 1.807) is 7.11 Å². The van der Waals surface area contributed by atoms with Crippen molar-refractivity contribution in [1.29, 1.82) is 0 Å². The van der Waals surface area contributed by atoms with Gasteiger partial charge in [0.25, 0.3) is 0 Å². The molecule has 0 spiro atoms. The average molecular weight is 353 g/mol. The summed E-state index contributed by atoms with van der Waals surface area (Å²) in [4.78, 5) is 7.11. The second-order valence-corrected chi connectivity index (χ2v) is 8.44. The highest BCUT2D eigenvalue weighted by molar-refractivity contribution is 5.79. The Bertz CT molecular complexity index is 407. The van der Waals surface area contributed by atoms with E-state index < -0.39 is 0 Å².